The second-order valence-corrected chi connectivity index (χ2v) is 2.87. The van der Waals surface area contributed by atoms with Crippen LogP contribution in [0.1, 0.15) is 0 Å². The van der Waals surface area contributed by atoms with Crippen LogP contribution in [0.25, 0.3) is 0 Å². The smallest absolute Gasteiger partial charge is 0.0204 e. The SMILES string of the molecule is CNPN(C)C. The van der Waals surface area contributed by atoms with Crippen molar-refractivity contribution in [2.45, 2.75) is 0 Å². The average Bonchev–Trinajstić information content (AvgIpc) is 1.35. The van der Waals surface area contributed by atoms with E-state index in [1.54, 1.807) is 0 Å². The Bertz CT molecular complexity index is 30.0. The van der Waals surface area contributed by atoms with E-state index >= 15 is 0 Å². The Balaban J connectivity index is 2.63. The molecular weight excluding hydrogens is 95.0 g/mol. The largest absolute Gasteiger partial charge is 0.289 e. The molecule has 2 nitrogen and oxygen atoms in total. The molecule has 0 saturated heterocycles. The summed E-state index contributed by atoms with van der Waals surface area (Å²) in [4.78, 5) is 0. The topological polar surface area (TPSA) is 15.3 Å². The summed E-state index contributed by atoms with van der Waals surface area (Å²) >= 11 is 0. The van der Waals surface area contributed by atoms with Crippen LogP contribution >= 0.6 is 8.88 Å². The normalized spacial score (nSPS) is 12.0. The lowest BCUT2D eigenvalue weighted by atomic mass is 11.3. The van der Waals surface area contributed by atoms with Gasteiger partial charge >= 0.3 is 0 Å². The molecule has 0 aromatic carbocycles. The predicted molar refractivity (Wildman–Crippen MR) is 31.1 cm³/mol. The summed E-state index contributed by atoms with van der Waals surface area (Å²) in [6.45, 7) is 0. The van der Waals surface area contributed by atoms with Gasteiger partial charge in [-0.3, -0.25) is 9.76 Å². The average molecular weight is 106 g/mol. The Morgan fingerprint density at radius 1 is 1.50 bits per heavy atom. The van der Waals surface area contributed by atoms with Crippen LogP contribution < -0.4 is 5.09 Å². The van der Waals surface area contributed by atoms with Gasteiger partial charge in [-0.2, -0.15) is 0 Å². The molecule has 1 N–H and O–H groups in total. The lowest BCUT2D eigenvalue weighted by Gasteiger charge is -2.04. The summed E-state index contributed by atoms with van der Waals surface area (Å²) in [7, 11) is 6.77. The van der Waals surface area contributed by atoms with Crippen molar-refractivity contribution in [2.24, 2.45) is 0 Å². The van der Waals surface area contributed by atoms with Crippen LogP contribution in [-0.4, -0.2) is 25.8 Å². The summed E-state index contributed by atoms with van der Waals surface area (Å²) < 4.78 is 2.10. The molecule has 0 heterocycles. The van der Waals surface area contributed by atoms with Gasteiger partial charge in [0.25, 0.3) is 0 Å². The van der Waals surface area contributed by atoms with Crippen molar-refractivity contribution in [3.8, 4) is 0 Å². The van der Waals surface area contributed by atoms with E-state index in [2.05, 4.69) is 9.76 Å². The highest BCUT2D eigenvalue weighted by Crippen LogP contribution is 2.01. The first kappa shape index (κ1) is 6.35. The molecule has 0 aliphatic heterocycles. The molecule has 0 aromatic heterocycles. The molecule has 0 spiro atoms. The van der Waals surface area contributed by atoms with E-state index in [9.17, 15) is 0 Å². The maximum absolute atomic E-state index is 3.02. The molecule has 0 saturated carbocycles. The number of hydrogen-bond donors (Lipinski definition) is 1. The molecule has 6 heavy (non-hydrogen) atoms. The van der Waals surface area contributed by atoms with Crippen molar-refractivity contribution in [2.75, 3.05) is 21.1 Å². The lowest BCUT2D eigenvalue weighted by Crippen LogP contribution is -2.03. The van der Waals surface area contributed by atoms with Gasteiger partial charge in [-0.15, -0.1) is 0 Å². The second-order valence-electron chi connectivity index (χ2n) is 1.26. The van der Waals surface area contributed by atoms with Crippen LogP contribution in [0.3, 0.4) is 0 Å². The Hall–Kier alpha value is 0.350. The molecule has 3 heteroatoms. The summed E-state index contributed by atoms with van der Waals surface area (Å²) in [5.74, 6) is 0. The van der Waals surface area contributed by atoms with Crippen LogP contribution in [-0.2, 0) is 0 Å². The number of nitrogens with one attached hydrogen (secondary N) is 1. The standard InChI is InChI=1S/C3H11N2P/c1-4-6-5(2)3/h4,6H,1-3H3. The van der Waals surface area contributed by atoms with Gasteiger partial charge in [-0.25, -0.2) is 0 Å². The van der Waals surface area contributed by atoms with Crippen molar-refractivity contribution >= 4 is 8.88 Å². The van der Waals surface area contributed by atoms with Crippen LogP contribution in [0.2, 0.25) is 0 Å². The van der Waals surface area contributed by atoms with Crippen molar-refractivity contribution < 1.29 is 0 Å². The van der Waals surface area contributed by atoms with Gasteiger partial charge in [0.15, 0.2) is 0 Å². The maximum atomic E-state index is 3.02. The fraction of sp³-hybridized carbons (Fsp3) is 1.00. The van der Waals surface area contributed by atoms with Gasteiger partial charge in [-0.05, 0) is 21.1 Å². The molecule has 0 aliphatic rings. The zero-order chi connectivity index (χ0) is 4.99. The molecule has 1 atom stereocenters. The van der Waals surface area contributed by atoms with Crippen molar-refractivity contribution in [3.63, 3.8) is 0 Å². The third-order valence-corrected chi connectivity index (χ3v) is 1.01. The van der Waals surface area contributed by atoms with Gasteiger partial charge in [0.1, 0.15) is 0 Å². The zero-order valence-electron chi connectivity index (χ0n) is 4.45. The summed E-state index contributed by atoms with van der Waals surface area (Å²) in [6.07, 6.45) is 0. The maximum Gasteiger partial charge on any atom is 0.0204 e. The van der Waals surface area contributed by atoms with E-state index < -0.39 is 0 Å². The van der Waals surface area contributed by atoms with Crippen LogP contribution in [0.15, 0.2) is 0 Å². The molecule has 0 amide bonds. The lowest BCUT2D eigenvalue weighted by molar-refractivity contribution is 0.683. The molecule has 1 unspecified atom stereocenters. The number of rotatable bonds is 2. The molecule has 0 rings (SSSR count). The first-order chi connectivity index (χ1) is 2.77. The van der Waals surface area contributed by atoms with E-state index in [0.717, 1.165) is 8.88 Å². The van der Waals surface area contributed by atoms with Crippen molar-refractivity contribution in [1.29, 1.82) is 0 Å². The third kappa shape index (κ3) is 4.35. The minimum absolute atomic E-state index is 0.755. The molecule has 0 fully saturated rings. The van der Waals surface area contributed by atoms with Crippen molar-refractivity contribution in [3.05, 3.63) is 0 Å². The van der Waals surface area contributed by atoms with Crippen LogP contribution in [0, 0.1) is 0 Å². The summed E-state index contributed by atoms with van der Waals surface area (Å²) in [5, 5.41) is 3.02. The summed E-state index contributed by atoms with van der Waals surface area (Å²) in [6, 6.07) is 0. The van der Waals surface area contributed by atoms with E-state index in [4.69, 9.17) is 0 Å². The van der Waals surface area contributed by atoms with E-state index in [-0.39, 0.29) is 0 Å². The first-order valence-corrected chi connectivity index (χ1v) is 2.82. The Kier molecular flexibility index (Phi) is 3.74. The number of hydrogen-bond acceptors (Lipinski definition) is 2. The second kappa shape index (κ2) is 3.54. The molecular formula is C3H11N2P. The van der Waals surface area contributed by atoms with Crippen LogP contribution in [0.4, 0.5) is 0 Å². The highest BCUT2D eigenvalue weighted by Gasteiger charge is 1.77. The van der Waals surface area contributed by atoms with Crippen LogP contribution in [0.5, 0.6) is 0 Å². The van der Waals surface area contributed by atoms with Gasteiger partial charge in [-0.1, -0.05) is 0 Å². The van der Waals surface area contributed by atoms with Gasteiger partial charge in [0.2, 0.25) is 0 Å². The van der Waals surface area contributed by atoms with Gasteiger partial charge < -0.3 is 0 Å². The Morgan fingerprint density at radius 2 is 2.00 bits per heavy atom. The van der Waals surface area contributed by atoms with E-state index in [0.29, 0.717) is 0 Å². The fourth-order valence-electron chi connectivity index (χ4n) is 0.224. The summed E-state index contributed by atoms with van der Waals surface area (Å²) in [5.41, 5.74) is 0. The number of nitrogens with zero attached hydrogens (tertiary/aromatic N) is 1. The van der Waals surface area contributed by atoms with Crippen molar-refractivity contribution in [1.82, 2.24) is 9.76 Å². The monoisotopic (exact) mass is 106 g/mol. The van der Waals surface area contributed by atoms with E-state index in [1.807, 2.05) is 21.1 Å². The van der Waals surface area contributed by atoms with Gasteiger partial charge in [0.05, 0.1) is 0 Å². The molecule has 38 valence electrons. The fourth-order valence-corrected chi connectivity index (χ4v) is 0.671. The van der Waals surface area contributed by atoms with E-state index in [1.165, 1.54) is 0 Å². The molecule has 0 bridgehead atoms. The predicted octanol–water partition coefficient (Wildman–Crippen LogP) is 0.276. The molecule has 0 radical (unpaired) electrons. The zero-order valence-corrected chi connectivity index (χ0v) is 5.45. The highest BCUT2D eigenvalue weighted by atomic mass is 31.1. The molecule has 0 aliphatic carbocycles. The highest BCUT2D eigenvalue weighted by molar-refractivity contribution is 7.32. The minimum atomic E-state index is 0.755. The molecule has 0 aromatic rings. The minimum Gasteiger partial charge on any atom is -0.289 e. The van der Waals surface area contributed by atoms with Gasteiger partial charge in [0, 0.05) is 8.88 Å². The Morgan fingerprint density at radius 3 is 2.00 bits per heavy atom. The third-order valence-electron chi connectivity index (χ3n) is 0.335. The first-order valence-electron chi connectivity index (χ1n) is 1.87. The quantitative estimate of drug-likeness (QED) is 0.508. The Labute approximate surface area is 40.8 Å².